The van der Waals surface area contributed by atoms with Crippen molar-refractivity contribution in [2.24, 2.45) is 0 Å². The number of halogens is 1. The molecule has 0 spiro atoms. The van der Waals surface area contributed by atoms with Crippen LogP contribution in [-0.4, -0.2) is 0 Å². The highest BCUT2D eigenvalue weighted by Gasteiger charge is 2.12. The number of hydrogen-bond donors (Lipinski definition) is 0. The predicted octanol–water partition coefficient (Wildman–Crippen LogP) is 4.20. The SMILES string of the molecule is C#CC(Oc1ccccc1)c1ccccc1Br. The Kier molecular flexibility index (Phi) is 3.85. The van der Waals surface area contributed by atoms with E-state index in [1.165, 1.54) is 0 Å². The average molecular weight is 287 g/mol. The zero-order valence-corrected chi connectivity index (χ0v) is 10.7. The Balaban J connectivity index is 2.25. The van der Waals surface area contributed by atoms with Gasteiger partial charge in [-0.05, 0) is 18.2 Å². The van der Waals surface area contributed by atoms with Crippen LogP contribution < -0.4 is 4.74 Å². The van der Waals surface area contributed by atoms with E-state index in [4.69, 9.17) is 11.2 Å². The van der Waals surface area contributed by atoms with E-state index in [0.29, 0.717) is 0 Å². The van der Waals surface area contributed by atoms with Crippen molar-refractivity contribution in [2.45, 2.75) is 6.10 Å². The molecule has 17 heavy (non-hydrogen) atoms. The molecule has 0 bridgehead atoms. The molecule has 1 nitrogen and oxygen atoms in total. The first-order chi connectivity index (χ1) is 8.31. The molecule has 0 saturated carbocycles. The molecule has 84 valence electrons. The Morgan fingerprint density at radius 1 is 1.00 bits per heavy atom. The zero-order chi connectivity index (χ0) is 12.1. The second kappa shape index (κ2) is 5.56. The van der Waals surface area contributed by atoms with E-state index in [1.54, 1.807) is 0 Å². The van der Waals surface area contributed by atoms with Gasteiger partial charge in [0.15, 0.2) is 6.10 Å². The molecule has 0 aliphatic carbocycles. The molecular weight excluding hydrogens is 276 g/mol. The van der Waals surface area contributed by atoms with Crippen LogP contribution in [-0.2, 0) is 0 Å². The standard InChI is InChI=1S/C15H11BrO/c1-2-15(13-10-6-7-11-14(13)16)17-12-8-4-3-5-9-12/h1,3-11,15H. The van der Waals surface area contributed by atoms with Crippen LogP contribution in [0, 0.1) is 12.3 Å². The minimum atomic E-state index is -0.382. The Bertz CT molecular complexity index is 528. The molecule has 0 fully saturated rings. The highest BCUT2D eigenvalue weighted by molar-refractivity contribution is 9.10. The lowest BCUT2D eigenvalue weighted by molar-refractivity contribution is 0.264. The largest absolute Gasteiger partial charge is 0.473 e. The number of rotatable bonds is 3. The molecule has 0 amide bonds. The Hall–Kier alpha value is -1.72. The van der Waals surface area contributed by atoms with Gasteiger partial charge in [-0.2, -0.15) is 0 Å². The summed E-state index contributed by atoms with van der Waals surface area (Å²) in [5, 5.41) is 0. The fraction of sp³-hybridized carbons (Fsp3) is 0.0667. The Labute approximate surface area is 110 Å². The molecule has 0 aromatic heterocycles. The lowest BCUT2D eigenvalue weighted by atomic mass is 10.1. The highest BCUT2D eigenvalue weighted by atomic mass is 79.9. The molecule has 2 rings (SSSR count). The minimum absolute atomic E-state index is 0.382. The summed E-state index contributed by atoms with van der Waals surface area (Å²) >= 11 is 3.48. The first-order valence-electron chi connectivity index (χ1n) is 5.23. The van der Waals surface area contributed by atoms with Crippen LogP contribution in [0.2, 0.25) is 0 Å². The Morgan fingerprint density at radius 2 is 1.65 bits per heavy atom. The second-order valence-electron chi connectivity index (χ2n) is 3.50. The molecule has 2 heteroatoms. The summed E-state index contributed by atoms with van der Waals surface area (Å²) in [4.78, 5) is 0. The second-order valence-corrected chi connectivity index (χ2v) is 4.35. The van der Waals surface area contributed by atoms with E-state index in [-0.39, 0.29) is 6.10 Å². The molecule has 0 aliphatic heterocycles. The molecule has 0 radical (unpaired) electrons. The number of terminal acetylenes is 1. The van der Waals surface area contributed by atoms with E-state index >= 15 is 0 Å². The van der Waals surface area contributed by atoms with Crippen molar-refractivity contribution in [2.75, 3.05) is 0 Å². The maximum atomic E-state index is 5.76. The lowest BCUT2D eigenvalue weighted by Gasteiger charge is -2.15. The van der Waals surface area contributed by atoms with Gasteiger partial charge in [0, 0.05) is 10.0 Å². The van der Waals surface area contributed by atoms with E-state index in [9.17, 15) is 0 Å². The predicted molar refractivity (Wildman–Crippen MR) is 72.8 cm³/mol. The van der Waals surface area contributed by atoms with Gasteiger partial charge in [0.05, 0.1) is 0 Å². The van der Waals surface area contributed by atoms with E-state index < -0.39 is 0 Å². The topological polar surface area (TPSA) is 9.23 Å². The normalized spacial score (nSPS) is 11.5. The van der Waals surface area contributed by atoms with Crippen LogP contribution in [0.25, 0.3) is 0 Å². The van der Waals surface area contributed by atoms with Gasteiger partial charge >= 0.3 is 0 Å². The van der Waals surface area contributed by atoms with Crippen molar-refractivity contribution >= 4 is 15.9 Å². The van der Waals surface area contributed by atoms with Gasteiger partial charge in [0.1, 0.15) is 5.75 Å². The van der Waals surface area contributed by atoms with Crippen molar-refractivity contribution < 1.29 is 4.74 Å². The molecule has 0 saturated heterocycles. The first kappa shape index (κ1) is 11.8. The first-order valence-corrected chi connectivity index (χ1v) is 6.03. The quantitative estimate of drug-likeness (QED) is 0.769. The van der Waals surface area contributed by atoms with Crippen LogP contribution in [0.15, 0.2) is 59.1 Å². The minimum Gasteiger partial charge on any atom is -0.473 e. The van der Waals surface area contributed by atoms with Crippen molar-refractivity contribution in [3.63, 3.8) is 0 Å². The summed E-state index contributed by atoms with van der Waals surface area (Å²) < 4.78 is 6.72. The third-order valence-corrected chi connectivity index (χ3v) is 3.06. The van der Waals surface area contributed by atoms with E-state index in [1.807, 2.05) is 54.6 Å². The maximum Gasteiger partial charge on any atom is 0.185 e. The lowest BCUT2D eigenvalue weighted by Crippen LogP contribution is -2.05. The van der Waals surface area contributed by atoms with Crippen molar-refractivity contribution in [3.05, 3.63) is 64.6 Å². The zero-order valence-electron chi connectivity index (χ0n) is 9.14. The number of ether oxygens (including phenoxy) is 1. The van der Waals surface area contributed by atoms with Crippen molar-refractivity contribution in [3.8, 4) is 18.1 Å². The fourth-order valence-corrected chi connectivity index (χ4v) is 2.00. The third-order valence-electron chi connectivity index (χ3n) is 2.34. The van der Waals surface area contributed by atoms with Gasteiger partial charge in [-0.3, -0.25) is 0 Å². The number of hydrogen-bond acceptors (Lipinski definition) is 1. The van der Waals surface area contributed by atoms with Gasteiger partial charge in [-0.1, -0.05) is 58.2 Å². The van der Waals surface area contributed by atoms with Crippen molar-refractivity contribution in [1.82, 2.24) is 0 Å². The van der Waals surface area contributed by atoms with Crippen LogP contribution in [0.1, 0.15) is 11.7 Å². The summed E-state index contributed by atoms with van der Waals surface area (Å²) in [6, 6.07) is 17.4. The van der Waals surface area contributed by atoms with Gasteiger partial charge in [0.25, 0.3) is 0 Å². The van der Waals surface area contributed by atoms with E-state index in [2.05, 4.69) is 21.9 Å². The van der Waals surface area contributed by atoms with Gasteiger partial charge in [-0.25, -0.2) is 0 Å². The fourth-order valence-electron chi connectivity index (χ4n) is 1.51. The number of benzene rings is 2. The molecule has 0 N–H and O–H groups in total. The van der Waals surface area contributed by atoms with E-state index in [0.717, 1.165) is 15.8 Å². The summed E-state index contributed by atoms with van der Waals surface area (Å²) in [6.07, 6.45) is 5.14. The average Bonchev–Trinajstić information content (AvgIpc) is 2.38. The van der Waals surface area contributed by atoms with Crippen molar-refractivity contribution in [1.29, 1.82) is 0 Å². The van der Waals surface area contributed by atoms with Gasteiger partial charge < -0.3 is 4.74 Å². The molecule has 2 aromatic rings. The smallest absolute Gasteiger partial charge is 0.185 e. The van der Waals surface area contributed by atoms with Gasteiger partial charge in [-0.15, -0.1) is 6.42 Å². The summed E-state index contributed by atoms with van der Waals surface area (Å²) in [5.74, 6) is 3.43. The summed E-state index contributed by atoms with van der Waals surface area (Å²) in [6.45, 7) is 0. The highest BCUT2D eigenvalue weighted by Crippen LogP contribution is 2.27. The van der Waals surface area contributed by atoms with Crippen LogP contribution >= 0.6 is 15.9 Å². The number of para-hydroxylation sites is 1. The summed E-state index contributed by atoms with van der Waals surface area (Å²) in [7, 11) is 0. The van der Waals surface area contributed by atoms with Crippen LogP contribution in [0.4, 0.5) is 0 Å². The molecule has 1 unspecified atom stereocenters. The monoisotopic (exact) mass is 286 g/mol. The molecule has 0 heterocycles. The summed E-state index contributed by atoms with van der Waals surface area (Å²) in [5.41, 5.74) is 0.957. The molecule has 2 aromatic carbocycles. The molecular formula is C15H11BrO. The van der Waals surface area contributed by atoms with Crippen LogP contribution in [0.3, 0.4) is 0 Å². The van der Waals surface area contributed by atoms with Crippen LogP contribution in [0.5, 0.6) is 5.75 Å². The molecule has 0 aliphatic rings. The van der Waals surface area contributed by atoms with Gasteiger partial charge in [0.2, 0.25) is 0 Å². The Morgan fingerprint density at radius 3 is 2.29 bits per heavy atom. The molecule has 1 atom stereocenters. The third kappa shape index (κ3) is 2.89. The maximum absolute atomic E-state index is 5.76.